The molecule has 1 N–H and O–H groups in total. The quantitative estimate of drug-likeness (QED) is 0.759. The molecule has 0 unspecified atom stereocenters. The average molecular weight is 302 g/mol. The summed E-state index contributed by atoms with van der Waals surface area (Å²) in [5, 5.41) is 2.98. The van der Waals surface area contributed by atoms with E-state index in [1.54, 1.807) is 0 Å². The molecule has 2 aromatic heterocycles. The fraction of sp³-hybridized carbons (Fsp3) is 0.529. The maximum Gasteiger partial charge on any atom is 0.226 e. The van der Waals surface area contributed by atoms with Crippen LogP contribution in [0.2, 0.25) is 0 Å². The number of aryl methyl sites for hydroxylation is 1. The highest BCUT2D eigenvalue weighted by Crippen LogP contribution is 2.10. The minimum absolute atomic E-state index is 0.0422. The van der Waals surface area contributed by atoms with Crippen LogP contribution >= 0.6 is 0 Å². The number of rotatable bonds is 8. The van der Waals surface area contributed by atoms with Crippen molar-refractivity contribution < 1.29 is 4.79 Å². The lowest BCUT2D eigenvalue weighted by molar-refractivity contribution is -0.120. The molecule has 0 aliphatic heterocycles. The molecule has 2 rings (SSSR count). The third-order valence-corrected chi connectivity index (χ3v) is 3.94. The van der Waals surface area contributed by atoms with Gasteiger partial charge >= 0.3 is 0 Å². The molecule has 1 amide bonds. The zero-order chi connectivity index (χ0) is 15.9. The average Bonchev–Trinajstić information content (AvgIpc) is 2.91. The van der Waals surface area contributed by atoms with Gasteiger partial charge in [-0.1, -0.05) is 19.9 Å². The van der Waals surface area contributed by atoms with Gasteiger partial charge in [-0.2, -0.15) is 0 Å². The first kappa shape index (κ1) is 16.5. The van der Waals surface area contributed by atoms with Crippen LogP contribution < -0.4 is 5.32 Å². The van der Waals surface area contributed by atoms with Crippen LogP contribution in [0.4, 0.5) is 0 Å². The Morgan fingerprint density at radius 3 is 2.82 bits per heavy atom. The van der Waals surface area contributed by atoms with Gasteiger partial charge in [0.05, 0.1) is 12.1 Å². The highest BCUT2D eigenvalue weighted by Gasteiger charge is 2.08. The number of imidazole rings is 1. The van der Waals surface area contributed by atoms with Crippen molar-refractivity contribution in [3.05, 3.63) is 35.8 Å². The van der Waals surface area contributed by atoms with Crippen LogP contribution in [0.1, 0.15) is 31.5 Å². The topological polar surface area (TPSA) is 49.6 Å². The lowest BCUT2D eigenvalue weighted by Crippen LogP contribution is -2.30. The molecular weight excluding hydrogens is 276 g/mol. The number of amides is 1. The van der Waals surface area contributed by atoms with E-state index >= 15 is 0 Å². The molecular formula is C17H26N4O. The van der Waals surface area contributed by atoms with Gasteiger partial charge in [0, 0.05) is 18.9 Å². The fourth-order valence-corrected chi connectivity index (χ4v) is 2.59. The molecule has 2 heterocycles. The first-order valence-corrected chi connectivity index (χ1v) is 8.06. The molecule has 0 bridgehead atoms. The summed E-state index contributed by atoms with van der Waals surface area (Å²) in [6.07, 6.45) is 5.21. The summed E-state index contributed by atoms with van der Waals surface area (Å²) in [5.41, 5.74) is 2.86. The first-order valence-electron chi connectivity index (χ1n) is 8.06. The van der Waals surface area contributed by atoms with Gasteiger partial charge in [0.25, 0.3) is 0 Å². The number of carbonyl (C=O) groups excluding carboxylic acids is 1. The van der Waals surface area contributed by atoms with Crippen LogP contribution in [0.5, 0.6) is 0 Å². The van der Waals surface area contributed by atoms with Crippen molar-refractivity contribution >= 4 is 11.6 Å². The van der Waals surface area contributed by atoms with Crippen LogP contribution in [0, 0.1) is 6.92 Å². The maximum atomic E-state index is 12.0. The van der Waals surface area contributed by atoms with E-state index in [4.69, 9.17) is 0 Å². The molecule has 22 heavy (non-hydrogen) atoms. The van der Waals surface area contributed by atoms with Crippen LogP contribution in [-0.2, 0) is 11.2 Å². The predicted octanol–water partition coefficient (Wildman–Crippen LogP) is 2.03. The summed E-state index contributed by atoms with van der Waals surface area (Å²) in [5.74, 6) is 0.0422. The number of nitrogens with one attached hydrogen (secondary N) is 1. The number of carbonyl (C=O) groups is 1. The summed E-state index contributed by atoms with van der Waals surface area (Å²) in [7, 11) is 0. The van der Waals surface area contributed by atoms with Gasteiger partial charge in [-0.25, -0.2) is 4.98 Å². The largest absolute Gasteiger partial charge is 0.356 e. The van der Waals surface area contributed by atoms with Crippen molar-refractivity contribution in [1.29, 1.82) is 0 Å². The maximum absolute atomic E-state index is 12.0. The minimum Gasteiger partial charge on any atom is -0.356 e. The van der Waals surface area contributed by atoms with Crippen LogP contribution in [-0.4, -0.2) is 46.4 Å². The summed E-state index contributed by atoms with van der Waals surface area (Å²) in [6.45, 7) is 10.2. The Morgan fingerprint density at radius 2 is 2.14 bits per heavy atom. The summed E-state index contributed by atoms with van der Waals surface area (Å²) in [4.78, 5) is 18.9. The van der Waals surface area contributed by atoms with E-state index in [2.05, 4.69) is 29.0 Å². The highest BCUT2D eigenvalue weighted by atomic mass is 16.1. The van der Waals surface area contributed by atoms with Gasteiger partial charge < -0.3 is 14.6 Å². The molecule has 120 valence electrons. The van der Waals surface area contributed by atoms with Crippen molar-refractivity contribution in [2.24, 2.45) is 0 Å². The van der Waals surface area contributed by atoms with Crippen molar-refractivity contribution in [2.75, 3.05) is 26.2 Å². The van der Waals surface area contributed by atoms with Crippen molar-refractivity contribution in [3.63, 3.8) is 0 Å². The smallest absolute Gasteiger partial charge is 0.226 e. The van der Waals surface area contributed by atoms with Crippen molar-refractivity contribution in [3.8, 4) is 0 Å². The van der Waals surface area contributed by atoms with E-state index in [9.17, 15) is 4.79 Å². The molecule has 2 aromatic rings. The number of fused-ring (bicyclic) bond motifs is 1. The molecule has 0 atom stereocenters. The Labute approximate surface area is 132 Å². The molecule has 0 aliphatic rings. The molecule has 0 radical (unpaired) electrons. The molecule has 0 saturated heterocycles. The van der Waals surface area contributed by atoms with Crippen molar-refractivity contribution in [2.45, 2.75) is 33.6 Å². The Morgan fingerprint density at radius 1 is 1.36 bits per heavy atom. The SMILES string of the molecule is CCN(CC)CCCNC(=O)Cc1cn2cccc(C)c2n1. The summed E-state index contributed by atoms with van der Waals surface area (Å²) >= 11 is 0. The van der Waals surface area contributed by atoms with Gasteiger partial charge in [0.1, 0.15) is 5.65 Å². The van der Waals surface area contributed by atoms with Gasteiger partial charge in [-0.3, -0.25) is 4.79 Å². The molecule has 0 aliphatic carbocycles. The van der Waals surface area contributed by atoms with Gasteiger partial charge in [0.2, 0.25) is 5.91 Å². The fourth-order valence-electron chi connectivity index (χ4n) is 2.59. The molecule has 0 aromatic carbocycles. The van der Waals surface area contributed by atoms with Crippen molar-refractivity contribution in [1.82, 2.24) is 19.6 Å². The Hall–Kier alpha value is -1.88. The van der Waals surface area contributed by atoms with Crippen LogP contribution in [0.3, 0.4) is 0 Å². The van der Waals surface area contributed by atoms with E-state index in [0.717, 1.165) is 49.5 Å². The van der Waals surface area contributed by atoms with Crippen LogP contribution in [0.25, 0.3) is 5.65 Å². The standard InChI is InChI=1S/C17H26N4O/c1-4-20(5-2)10-7-9-18-16(22)12-15-13-21-11-6-8-14(3)17(21)19-15/h6,8,11,13H,4-5,7,9-10,12H2,1-3H3,(H,18,22). The molecule has 0 fully saturated rings. The zero-order valence-electron chi connectivity index (χ0n) is 13.8. The first-order chi connectivity index (χ1) is 10.6. The monoisotopic (exact) mass is 302 g/mol. The molecule has 0 spiro atoms. The zero-order valence-corrected chi connectivity index (χ0v) is 13.8. The van der Waals surface area contributed by atoms with E-state index in [-0.39, 0.29) is 5.91 Å². The Balaban J connectivity index is 1.80. The predicted molar refractivity (Wildman–Crippen MR) is 89.0 cm³/mol. The number of aromatic nitrogens is 2. The lowest BCUT2D eigenvalue weighted by Gasteiger charge is -2.17. The van der Waals surface area contributed by atoms with Gasteiger partial charge in [0.15, 0.2) is 0 Å². The molecule has 5 nitrogen and oxygen atoms in total. The van der Waals surface area contributed by atoms with Crippen LogP contribution in [0.15, 0.2) is 24.5 Å². The Kier molecular flexibility index (Phi) is 5.95. The van der Waals surface area contributed by atoms with E-state index in [0.29, 0.717) is 6.42 Å². The number of nitrogens with zero attached hydrogens (tertiary/aromatic N) is 3. The molecule has 0 saturated carbocycles. The lowest BCUT2D eigenvalue weighted by atomic mass is 10.3. The number of hydrogen-bond acceptors (Lipinski definition) is 3. The minimum atomic E-state index is 0.0422. The van der Waals surface area contributed by atoms with E-state index in [1.165, 1.54) is 0 Å². The van der Waals surface area contributed by atoms with Gasteiger partial charge in [-0.15, -0.1) is 0 Å². The van der Waals surface area contributed by atoms with E-state index < -0.39 is 0 Å². The second-order valence-electron chi connectivity index (χ2n) is 5.56. The van der Waals surface area contributed by atoms with Gasteiger partial charge in [-0.05, 0) is 44.6 Å². The highest BCUT2D eigenvalue weighted by molar-refractivity contribution is 5.78. The third-order valence-electron chi connectivity index (χ3n) is 3.94. The second-order valence-corrected chi connectivity index (χ2v) is 5.56. The summed E-state index contributed by atoms with van der Waals surface area (Å²) in [6, 6.07) is 4.01. The van der Waals surface area contributed by atoms with E-state index in [1.807, 2.05) is 35.9 Å². The second kappa shape index (κ2) is 7.94. The number of hydrogen-bond donors (Lipinski definition) is 1. The third kappa shape index (κ3) is 4.31. The number of pyridine rings is 1. The normalized spacial score (nSPS) is 11.3. The summed E-state index contributed by atoms with van der Waals surface area (Å²) < 4.78 is 1.97. The molecule has 5 heteroatoms. The Bertz CT molecular complexity index is 616.